The van der Waals surface area contributed by atoms with Gasteiger partial charge >= 0.3 is 0 Å². The largest absolute Gasteiger partial charge is 0.494 e. The van der Waals surface area contributed by atoms with E-state index in [-0.39, 0.29) is 34.1 Å². The SMILES string of the molecule is C=CCn1c(O)c(C=Nc2cccc([N+](=O)[O-])c2)c(=O)[nH]c1=S. The van der Waals surface area contributed by atoms with Crippen molar-refractivity contribution in [1.82, 2.24) is 9.55 Å². The second kappa shape index (κ2) is 6.79. The topological polar surface area (TPSA) is 114 Å². The van der Waals surface area contributed by atoms with Gasteiger partial charge in [-0.05, 0) is 18.3 Å². The average Bonchev–Trinajstić information content (AvgIpc) is 2.51. The van der Waals surface area contributed by atoms with Gasteiger partial charge in [-0.3, -0.25) is 29.5 Å². The maximum Gasteiger partial charge on any atom is 0.271 e. The van der Waals surface area contributed by atoms with Crippen molar-refractivity contribution >= 4 is 29.8 Å². The monoisotopic (exact) mass is 332 g/mol. The summed E-state index contributed by atoms with van der Waals surface area (Å²) in [5, 5.41) is 20.9. The predicted octanol–water partition coefficient (Wildman–Crippen LogP) is 2.46. The number of aliphatic imine (C=N–C) groups is 1. The van der Waals surface area contributed by atoms with Crippen LogP contribution in [0, 0.1) is 14.9 Å². The van der Waals surface area contributed by atoms with E-state index in [0.29, 0.717) is 0 Å². The molecule has 9 heteroatoms. The molecule has 2 rings (SSSR count). The van der Waals surface area contributed by atoms with E-state index in [4.69, 9.17) is 12.2 Å². The van der Waals surface area contributed by atoms with Crippen molar-refractivity contribution in [3.05, 3.63) is 67.7 Å². The first-order valence-corrected chi connectivity index (χ1v) is 6.80. The lowest BCUT2D eigenvalue weighted by Crippen LogP contribution is -2.18. The van der Waals surface area contributed by atoms with Crippen molar-refractivity contribution in [3.8, 4) is 5.88 Å². The van der Waals surface area contributed by atoms with Crippen LogP contribution in [0.15, 0.2) is 46.7 Å². The van der Waals surface area contributed by atoms with Gasteiger partial charge < -0.3 is 5.11 Å². The lowest BCUT2D eigenvalue weighted by molar-refractivity contribution is -0.384. The van der Waals surface area contributed by atoms with E-state index < -0.39 is 10.5 Å². The Balaban J connectivity index is 2.47. The van der Waals surface area contributed by atoms with Crippen molar-refractivity contribution in [3.63, 3.8) is 0 Å². The molecule has 0 fully saturated rings. The number of hydrogen-bond acceptors (Lipinski definition) is 6. The summed E-state index contributed by atoms with van der Waals surface area (Å²) >= 11 is 4.96. The second-order valence-electron chi connectivity index (χ2n) is 4.43. The maximum atomic E-state index is 11.9. The first kappa shape index (κ1) is 16.3. The summed E-state index contributed by atoms with van der Waals surface area (Å²) < 4.78 is 1.33. The Kier molecular flexibility index (Phi) is 4.82. The van der Waals surface area contributed by atoms with Gasteiger partial charge in [-0.25, -0.2) is 0 Å². The highest BCUT2D eigenvalue weighted by molar-refractivity contribution is 7.71. The van der Waals surface area contributed by atoms with E-state index in [9.17, 15) is 20.0 Å². The van der Waals surface area contributed by atoms with Crippen molar-refractivity contribution in [2.75, 3.05) is 0 Å². The van der Waals surface area contributed by atoms with Crippen LogP contribution in [0.1, 0.15) is 5.56 Å². The predicted molar refractivity (Wildman–Crippen MR) is 88.1 cm³/mol. The number of H-pyrrole nitrogens is 1. The minimum Gasteiger partial charge on any atom is -0.494 e. The highest BCUT2D eigenvalue weighted by Gasteiger charge is 2.10. The molecule has 118 valence electrons. The standard InChI is InChI=1S/C14H12N4O4S/c1-2-6-17-13(20)11(12(19)16-14(17)23)8-15-9-4-3-5-10(7-9)18(21)22/h2-5,7-8,20H,1,6H2,(H,16,19,23). The molecule has 8 nitrogen and oxygen atoms in total. The average molecular weight is 332 g/mol. The third-order valence-corrected chi connectivity index (χ3v) is 3.22. The van der Waals surface area contributed by atoms with Crippen LogP contribution in [0.25, 0.3) is 0 Å². The van der Waals surface area contributed by atoms with E-state index in [0.717, 1.165) is 6.21 Å². The van der Waals surface area contributed by atoms with Crippen LogP contribution in [0.3, 0.4) is 0 Å². The lowest BCUT2D eigenvalue weighted by atomic mass is 10.3. The number of benzene rings is 1. The first-order chi connectivity index (χ1) is 10.9. The molecule has 1 aromatic heterocycles. The number of non-ortho nitro benzene ring substituents is 1. The van der Waals surface area contributed by atoms with E-state index in [2.05, 4.69) is 16.6 Å². The summed E-state index contributed by atoms with van der Waals surface area (Å²) in [7, 11) is 0. The number of aromatic hydroxyl groups is 1. The summed E-state index contributed by atoms with van der Waals surface area (Å²) in [6, 6.07) is 5.58. The third-order valence-electron chi connectivity index (χ3n) is 2.90. The van der Waals surface area contributed by atoms with Crippen molar-refractivity contribution < 1.29 is 10.0 Å². The number of rotatable bonds is 5. The molecule has 0 amide bonds. The van der Waals surface area contributed by atoms with E-state index >= 15 is 0 Å². The van der Waals surface area contributed by atoms with E-state index in [1.54, 1.807) is 0 Å². The van der Waals surface area contributed by atoms with Crippen LogP contribution in [0.5, 0.6) is 5.88 Å². The Morgan fingerprint density at radius 3 is 2.91 bits per heavy atom. The number of allylic oxidation sites excluding steroid dienone is 1. The Bertz CT molecular complexity index is 914. The first-order valence-electron chi connectivity index (χ1n) is 6.39. The van der Waals surface area contributed by atoms with Crippen LogP contribution < -0.4 is 5.56 Å². The second-order valence-corrected chi connectivity index (χ2v) is 4.82. The molecule has 1 aromatic carbocycles. The highest BCUT2D eigenvalue weighted by atomic mass is 32.1. The number of nitrogens with one attached hydrogen (secondary N) is 1. The van der Waals surface area contributed by atoms with Gasteiger partial charge in [-0.2, -0.15) is 0 Å². The number of nitro groups is 1. The molecule has 0 unspecified atom stereocenters. The summed E-state index contributed by atoms with van der Waals surface area (Å²) in [4.78, 5) is 28.5. The summed E-state index contributed by atoms with van der Waals surface area (Å²) in [6.07, 6.45) is 2.64. The minimum atomic E-state index is -0.609. The Morgan fingerprint density at radius 1 is 1.52 bits per heavy atom. The van der Waals surface area contributed by atoms with Crippen LogP contribution in [-0.4, -0.2) is 25.8 Å². The summed E-state index contributed by atoms with van der Waals surface area (Å²) in [6.45, 7) is 3.75. The maximum absolute atomic E-state index is 11.9. The van der Waals surface area contributed by atoms with E-state index in [1.165, 1.54) is 34.9 Å². The fraction of sp³-hybridized carbons (Fsp3) is 0.0714. The highest BCUT2D eigenvalue weighted by Crippen LogP contribution is 2.20. The van der Waals surface area contributed by atoms with Gasteiger partial charge in [-0.15, -0.1) is 6.58 Å². The Morgan fingerprint density at radius 2 is 2.26 bits per heavy atom. The van der Waals surface area contributed by atoms with Gasteiger partial charge in [-0.1, -0.05) is 12.1 Å². The molecule has 0 spiro atoms. The number of nitrogens with zero attached hydrogens (tertiary/aromatic N) is 3. The molecular formula is C14H12N4O4S. The van der Waals surface area contributed by atoms with Crippen molar-refractivity contribution in [2.45, 2.75) is 6.54 Å². The molecule has 0 aliphatic rings. The third kappa shape index (κ3) is 3.58. The fourth-order valence-electron chi connectivity index (χ4n) is 1.82. The fourth-order valence-corrected chi connectivity index (χ4v) is 2.07. The Hall–Kier alpha value is -3.07. The van der Waals surface area contributed by atoms with Crippen LogP contribution in [0.2, 0.25) is 0 Å². The van der Waals surface area contributed by atoms with Crippen LogP contribution in [0.4, 0.5) is 11.4 Å². The number of nitro benzene ring substituents is 1. The molecule has 0 saturated carbocycles. The molecule has 0 bridgehead atoms. The molecule has 0 radical (unpaired) electrons. The summed E-state index contributed by atoms with van der Waals surface area (Å²) in [5.41, 5.74) is -0.565. The molecular weight excluding hydrogens is 320 g/mol. The van der Waals surface area contributed by atoms with Gasteiger partial charge in [0.05, 0.1) is 10.6 Å². The quantitative estimate of drug-likeness (QED) is 0.287. The van der Waals surface area contributed by atoms with Gasteiger partial charge in [0.2, 0.25) is 5.88 Å². The molecule has 1 heterocycles. The zero-order chi connectivity index (χ0) is 17.0. The normalized spacial score (nSPS) is 10.8. The minimum absolute atomic E-state index is 0.0555. The number of aromatic nitrogens is 2. The number of hydrogen-bond donors (Lipinski definition) is 2. The molecule has 0 saturated heterocycles. The lowest BCUT2D eigenvalue weighted by Gasteiger charge is -2.08. The zero-order valence-electron chi connectivity index (χ0n) is 11.8. The molecule has 2 aromatic rings. The van der Waals surface area contributed by atoms with Gasteiger partial charge in [0.15, 0.2) is 4.77 Å². The van der Waals surface area contributed by atoms with Crippen LogP contribution >= 0.6 is 12.2 Å². The zero-order valence-corrected chi connectivity index (χ0v) is 12.6. The smallest absolute Gasteiger partial charge is 0.271 e. The van der Waals surface area contributed by atoms with Gasteiger partial charge in [0, 0.05) is 24.9 Å². The van der Waals surface area contributed by atoms with Gasteiger partial charge in [0.25, 0.3) is 11.2 Å². The van der Waals surface area contributed by atoms with Crippen molar-refractivity contribution in [1.29, 1.82) is 0 Å². The molecule has 0 aliphatic carbocycles. The Labute approximate surface area is 135 Å². The van der Waals surface area contributed by atoms with E-state index in [1.807, 2.05) is 0 Å². The van der Waals surface area contributed by atoms with Crippen LogP contribution in [-0.2, 0) is 6.54 Å². The number of aromatic amines is 1. The molecule has 0 atom stereocenters. The summed E-state index contributed by atoms with van der Waals surface area (Å²) in [5.74, 6) is -0.354. The molecule has 2 N–H and O–H groups in total. The molecule has 0 aliphatic heterocycles. The van der Waals surface area contributed by atoms with Crippen molar-refractivity contribution in [2.24, 2.45) is 4.99 Å². The van der Waals surface area contributed by atoms with Gasteiger partial charge in [0.1, 0.15) is 5.56 Å². The molecule has 23 heavy (non-hydrogen) atoms.